The molecule has 1 saturated heterocycles. The van der Waals surface area contributed by atoms with Gasteiger partial charge in [0.1, 0.15) is 18.0 Å². The lowest BCUT2D eigenvalue weighted by Gasteiger charge is -2.32. The maximum atomic E-state index is 14.2. The first-order valence-corrected chi connectivity index (χ1v) is 11.5. The molecule has 3 aromatic rings. The number of carbonyl (C=O) groups is 1. The number of amides is 1. The van der Waals surface area contributed by atoms with Crippen LogP contribution in [0, 0.1) is 5.82 Å². The van der Waals surface area contributed by atoms with Gasteiger partial charge < -0.3 is 24.6 Å². The number of anilines is 2. The number of hydrogen-bond acceptors (Lipinski definition) is 7. The van der Waals surface area contributed by atoms with Crippen molar-refractivity contribution in [2.45, 2.75) is 12.8 Å². The van der Waals surface area contributed by atoms with Crippen molar-refractivity contribution < 1.29 is 18.7 Å². The van der Waals surface area contributed by atoms with Gasteiger partial charge in [-0.1, -0.05) is 11.6 Å². The Morgan fingerprint density at radius 1 is 1.15 bits per heavy atom. The molecule has 10 heteroatoms. The van der Waals surface area contributed by atoms with Crippen LogP contribution in [-0.4, -0.2) is 72.6 Å². The molecule has 4 rings (SSSR count). The highest BCUT2D eigenvalue weighted by Crippen LogP contribution is 2.35. The van der Waals surface area contributed by atoms with Crippen molar-refractivity contribution in [2.75, 3.05) is 52.3 Å². The zero-order chi connectivity index (χ0) is 24.1. The van der Waals surface area contributed by atoms with Crippen LogP contribution in [0.5, 0.6) is 11.5 Å². The fourth-order valence-corrected chi connectivity index (χ4v) is 3.93. The van der Waals surface area contributed by atoms with Gasteiger partial charge in [0.05, 0.1) is 24.9 Å². The van der Waals surface area contributed by atoms with Crippen LogP contribution in [0.1, 0.15) is 12.8 Å². The average Bonchev–Trinajstić information content (AvgIpc) is 2.83. The maximum absolute atomic E-state index is 14.2. The van der Waals surface area contributed by atoms with Gasteiger partial charge in [-0.15, -0.1) is 0 Å². The van der Waals surface area contributed by atoms with E-state index >= 15 is 0 Å². The Morgan fingerprint density at radius 2 is 1.94 bits per heavy atom. The van der Waals surface area contributed by atoms with Gasteiger partial charge in [-0.25, -0.2) is 14.4 Å². The third-order valence-electron chi connectivity index (χ3n) is 5.75. The normalized spacial score (nSPS) is 14.3. The van der Waals surface area contributed by atoms with Crippen LogP contribution in [0.3, 0.4) is 0 Å². The van der Waals surface area contributed by atoms with Crippen molar-refractivity contribution >= 4 is 39.9 Å². The second kappa shape index (κ2) is 10.8. The summed E-state index contributed by atoms with van der Waals surface area (Å²) in [5, 5.41) is 3.94. The highest BCUT2D eigenvalue weighted by molar-refractivity contribution is 6.30. The molecule has 0 aliphatic carbocycles. The zero-order valence-electron chi connectivity index (χ0n) is 19.2. The molecule has 2 aromatic carbocycles. The molecule has 0 unspecified atom stereocenters. The highest BCUT2D eigenvalue weighted by Gasteiger charge is 2.19. The van der Waals surface area contributed by atoms with Gasteiger partial charge in [0.15, 0.2) is 11.5 Å². The van der Waals surface area contributed by atoms with E-state index in [1.165, 1.54) is 12.4 Å². The molecule has 1 aliphatic heterocycles. The number of rotatable bonds is 8. The van der Waals surface area contributed by atoms with Gasteiger partial charge in [0, 0.05) is 49.1 Å². The van der Waals surface area contributed by atoms with Crippen LogP contribution in [0.2, 0.25) is 5.02 Å². The first kappa shape index (κ1) is 24.0. The molecule has 1 aromatic heterocycles. The molecule has 2 heterocycles. The Balaban J connectivity index is 1.43. The number of ether oxygens (including phenoxy) is 2. The standard InChI is InChI=1S/C24H27ClFN5O3/c1-30-7-9-31(10-8-30)23(32)4-3-11-34-22-14-20-17(13-21(22)33-2)24(28-15-27-20)29-19-6-5-16(25)12-18(19)26/h5-6,12-15H,3-4,7-11H2,1-2H3,(H,27,28,29). The fraction of sp³-hybridized carbons (Fsp3) is 0.375. The molecule has 0 spiro atoms. The van der Waals surface area contributed by atoms with Gasteiger partial charge in [-0.05, 0) is 37.7 Å². The van der Waals surface area contributed by atoms with Crippen molar-refractivity contribution in [1.29, 1.82) is 0 Å². The van der Waals surface area contributed by atoms with Crippen molar-refractivity contribution in [2.24, 2.45) is 0 Å². The smallest absolute Gasteiger partial charge is 0.222 e. The zero-order valence-corrected chi connectivity index (χ0v) is 19.9. The molecule has 0 bridgehead atoms. The lowest BCUT2D eigenvalue weighted by atomic mass is 10.2. The van der Waals surface area contributed by atoms with Crippen LogP contribution in [0.25, 0.3) is 10.9 Å². The topological polar surface area (TPSA) is 79.8 Å². The van der Waals surface area contributed by atoms with E-state index < -0.39 is 5.82 Å². The minimum atomic E-state index is -0.489. The minimum Gasteiger partial charge on any atom is -0.493 e. The molecule has 0 atom stereocenters. The molecular weight excluding hydrogens is 461 g/mol. The van der Waals surface area contributed by atoms with E-state index in [4.69, 9.17) is 21.1 Å². The summed E-state index contributed by atoms with van der Waals surface area (Å²) in [6, 6.07) is 7.87. The van der Waals surface area contributed by atoms with Crippen molar-refractivity contribution in [3.05, 3.63) is 47.5 Å². The predicted molar refractivity (Wildman–Crippen MR) is 130 cm³/mol. The number of halogens is 2. The molecule has 34 heavy (non-hydrogen) atoms. The van der Waals surface area contributed by atoms with E-state index in [1.807, 2.05) is 4.90 Å². The molecule has 180 valence electrons. The number of likely N-dealkylation sites (N-methyl/N-ethyl adjacent to an activating group) is 1. The van der Waals surface area contributed by atoms with Gasteiger partial charge in [0.25, 0.3) is 0 Å². The van der Waals surface area contributed by atoms with E-state index in [2.05, 4.69) is 27.2 Å². The Hall–Kier alpha value is -3.17. The van der Waals surface area contributed by atoms with Crippen molar-refractivity contribution in [1.82, 2.24) is 19.8 Å². The van der Waals surface area contributed by atoms with Crippen molar-refractivity contribution in [3.63, 3.8) is 0 Å². The largest absolute Gasteiger partial charge is 0.493 e. The second-order valence-corrected chi connectivity index (χ2v) is 8.56. The third kappa shape index (κ3) is 5.66. The number of methoxy groups -OCH3 is 1. The molecule has 1 amide bonds. The van der Waals surface area contributed by atoms with E-state index in [0.29, 0.717) is 52.7 Å². The van der Waals surface area contributed by atoms with Crippen molar-refractivity contribution in [3.8, 4) is 11.5 Å². The first-order valence-electron chi connectivity index (χ1n) is 11.1. The number of fused-ring (bicyclic) bond motifs is 1. The minimum absolute atomic E-state index is 0.153. The number of nitrogens with one attached hydrogen (secondary N) is 1. The quantitative estimate of drug-likeness (QED) is 0.479. The van der Waals surface area contributed by atoms with Crippen LogP contribution in [-0.2, 0) is 4.79 Å². The van der Waals surface area contributed by atoms with E-state index in [0.717, 1.165) is 26.2 Å². The number of nitrogens with zero attached hydrogens (tertiary/aromatic N) is 4. The molecule has 1 aliphatic rings. The lowest BCUT2D eigenvalue weighted by Crippen LogP contribution is -2.47. The molecule has 8 nitrogen and oxygen atoms in total. The molecular formula is C24H27ClFN5O3. The Labute approximate surface area is 202 Å². The molecule has 0 radical (unpaired) electrons. The summed E-state index contributed by atoms with van der Waals surface area (Å²) in [4.78, 5) is 25.1. The Bertz CT molecular complexity index is 1170. The summed E-state index contributed by atoms with van der Waals surface area (Å²) in [6.07, 6.45) is 2.42. The molecule has 1 N–H and O–H groups in total. The van der Waals surface area contributed by atoms with Gasteiger partial charge >= 0.3 is 0 Å². The van der Waals surface area contributed by atoms with E-state index in [-0.39, 0.29) is 11.6 Å². The number of aromatic nitrogens is 2. The van der Waals surface area contributed by atoms with E-state index in [9.17, 15) is 9.18 Å². The summed E-state index contributed by atoms with van der Waals surface area (Å²) in [7, 11) is 3.60. The summed E-state index contributed by atoms with van der Waals surface area (Å²) in [6.45, 7) is 3.71. The highest BCUT2D eigenvalue weighted by atomic mass is 35.5. The monoisotopic (exact) mass is 487 g/mol. The summed E-state index contributed by atoms with van der Waals surface area (Å²) >= 11 is 5.84. The predicted octanol–water partition coefficient (Wildman–Crippen LogP) is 4.11. The molecule has 1 fully saturated rings. The second-order valence-electron chi connectivity index (χ2n) is 8.13. The number of hydrogen-bond donors (Lipinski definition) is 1. The van der Waals surface area contributed by atoms with E-state index in [1.54, 1.807) is 31.4 Å². The third-order valence-corrected chi connectivity index (χ3v) is 5.99. The van der Waals surface area contributed by atoms with Crippen LogP contribution in [0.4, 0.5) is 15.9 Å². The van der Waals surface area contributed by atoms with Gasteiger partial charge in [-0.2, -0.15) is 0 Å². The summed E-state index contributed by atoms with van der Waals surface area (Å²) < 4.78 is 25.7. The SMILES string of the molecule is COc1cc2c(Nc3ccc(Cl)cc3F)ncnc2cc1OCCCC(=O)N1CCN(C)CC1. The average molecular weight is 488 g/mol. The molecule has 0 saturated carbocycles. The first-order chi connectivity index (χ1) is 16.4. The number of carbonyl (C=O) groups excluding carboxylic acids is 1. The lowest BCUT2D eigenvalue weighted by molar-refractivity contribution is -0.133. The van der Waals surface area contributed by atoms with Gasteiger partial charge in [-0.3, -0.25) is 4.79 Å². The number of piperazine rings is 1. The van der Waals surface area contributed by atoms with Crippen LogP contribution < -0.4 is 14.8 Å². The number of benzene rings is 2. The summed E-state index contributed by atoms with van der Waals surface area (Å²) in [5.41, 5.74) is 0.852. The van der Waals surface area contributed by atoms with Crippen LogP contribution >= 0.6 is 11.6 Å². The Morgan fingerprint density at radius 3 is 2.68 bits per heavy atom. The maximum Gasteiger partial charge on any atom is 0.222 e. The van der Waals surface area contributed by atoms with Gasteiger partial charge in [0.2, 0.25) is 5.91 Å². The summed E-state index contributed by atoms with van der Waals surface area (Å²) in [5.74, 6) is 1.10. The Kier molecular flexibility index (Phi) is 7.64. The van der Waals surface area contributed by atoms with Crippen LogP contribution in [0.15, 0.2) is 36.7 Å². The fourth-order valence-electron chi connectivity index (χ4n) is 3.77.